The standard InChI is InChI=1S/C21H23O3P/c1-2-22-19-12-11-16-9-6-10-17-20(16)18(19)14-24-25-21(17)23-13-15-7-4-3-5-8-15/h3-10,18-19H,2,11-14H2,1H3. The van der Waals surface area contributed by atoms with E-state index in [4.69, 9.17) is 14.0 Å². The Bertz CT molecular complexity index is 757. The summed E-state index contributed by atoms with van der Waals surface area (Å²) in [5.74, 6) is 0.297. The summed E-state index contributed by atoms with van der Waals surface area (Å²) >= 11 is 0. The van der Waals surface area contributed by atoms with Gasteiger partial charge in [-0.3, -0.25) is 0 Å². The van der Waals surface area contributed by atoms with Crippen molar-refractivity contribution in [1.82, 2.24) is 0 Å². The summed E-state index contributed by atoms with van der Waals surface area (Å²) in [6, 6.07) is 16.8. The average Bonchev–Trinajstić information content (AvgIpc) is 2.84. The van der Waals surface area contributed by atoms with Crippen molar-refractivity contribution in [3.8, 4) is 0 Å². The molecule has 130 valence electrons. The molecule has 0 N–H and O–H groups in total. The van der Waals surface area contributed by atoms with E-state index in [1.165, 1.54) is 22.3 Å². The van der Waals surface area contributed by atoms with Crippen LogP contribution in [0.15, 0.2) is 48.5 Å². The molecular weight excluding hydrogens is 331 g/mol. The molecule has 4 heteroatoms. The first-order chi connectivity index (χ1) is 12.4. The van der Waals surface area contributed by atoms with Crippen LogP contribution < -0.4 is 0 Å². The summed E-state index contributed by atoms with van der Waals surface area (Å²) in [5.41, 5.74) is 6.07. The molecule has 2 aromatic carbocycles. The van der Waals surface area contributed by atoms with Crippen LogP contribution in [0.2, 0.25) is 0 Å². The Morgan fingerprint density at radius 3 is 2.84 bits per heavy atom. The first-order valence-corrected chi connectivity index (χ1v) is 9.78. The molecule has 0 saturated heterocycles. The van der Waals surface area contributed by atoms with Crippen molar-refractivity contribution >= 4 is 13.9 Å². The van der Waals surface area contributed by atoms with Gasteiger partial charge in [0.15, 0.2) is 0 Å². The van der Waals surface area contributed by atoms with Gasteiger partial charge < -0.3 is 14.0 Å². The highest BCUT2D eigenvalue weighted by Crippen LogP contribution is 2.40. The average molecular weight is 354 g/mol. The van der Waals surface area contributed by atoms with Crippen LogP contribution in [0.3, 0.4) is 0 Å². The lowest BCUT2D eigenvalue weighted by Gasteiger charge is -2.33. The van der Waals surface area contributed by atoms with Gasteiger partial charge in [0.05, 0.1) is 27.7 Å². The third-order valence-corrected chi connectivity index (χ3v) is 5.76. The van der Waals surface area contributed by atoms with Crippen molar-refractivity contribution in [1.29, 1.82) is 0 Å². The van der Waals surface area contributed by atoms with Gasteiger partial charge in [0.2, 0.25) is 0 Å². The molecular formula is C21H23O3P. The molecule has 0 aromatic heterocycles. The fourth-order valence-electron chi connectivity index (χ4n) is 3.80. The summed E-state index contributed by atoms with van der Waals surface area (Å²) in [6.45, 7) is 4.07. The number of aryl methyl sites for hydroxylation is 1. The van der Waals surface area contributed by atoms with E-state index >= 15 is 0 Å². The Kier molecular flexibility index (Phi) is 5.28. The zero-order valence-corrected chi connectivity index (χ0v) is 15.4. The van der Waals surface area contributed by atoms with Crippen molar-refractivity contribution < 1.29 is 14.0 Å². The molecule has 2 unspecified atom stereocenters. The second-order valence-electron chi connectivity index (χ2n) is 6.48. The summed E-state index contributed by atoms with van der Waals surface area (Å²) in [5, 5.41) is 0. The fourth-order valence-corrected chi connectivity index (χ4v) is 4.56. The van der Waals surface area contributed by atoms with Gasteiger partial charge in [0.25, 0.3) is 0 Å². The minimum Gasteiger partial charge on any atom is -0.378 e. The number of hydrogen-bond donors (Lipinski definition) is 0. The molecule has 0 saturated carbocycles. The Hall–Kier alpha value is -1.51. The molecule has 2 atom stereocenters. The van der Waals surface area contributed by atoms with Crippen LogP contribution in [0.1, 0.15) is 41.5 Å². The smallest absolute Gasteiger partial charge is 0.133 e. The van der Waals surface area contributed by atoms with Crippen molar-refractivity contribution in [2.24, 2.45) is 0 Å². The van der Waals surface area contributed by atoms with Gasteiger partial charge in [-0.25, -0.2) is 0 Å². The Balaban J connectivity index is 1.63. The minimum atomic E-state index is 0.238. The highest BCUT2D eigenvalue weighted by atomic mass is 31.1. The molecule has 2 aliphatic rings. The molecule has 0 spiro atoms. The van der Waals surface area contributed by atoms with Crippen LogP contribution in [0, 0.1) is 0 Å². The molecule has 3 nitrogen and oxygen atoms in total. The maximum atomic E-state index is 6.18. The zero-order chi connectivity index (χ0) is 17.1. The maximum absolute atomic E-state index is 6.18. The van der Waals surface area contributed by atoms with Crippen LogP contribution in [0.4, 0.5) is 0 Å². The molecule has 1 aliphatic carbocycles. The fraction of sp³-hybridized carbons (Fsp3) is 0.381. The molecule has 1 heterocycles. The van der Waals surface area contributed by atoms with Gasteiger partial charge in [0.1, 0.15) is 5.48 Å². The van der Waals surface area contributed by atoms with Crippen molar-refractivity contribution in [3.63, 3.8) is 0 Å². The quantitative estimate of drug-likeness (QED) is 0.728. The first-order valence-electron chi connectivity index (χ1n) is 8.97. The molecule has 0 amide bonds. The van der Waals surface area contributed by atoms with Crippen LogP contribution in [-0.2, 0) is 27.0 Å². The lowest BCUT2D eigenvalue weighted by molar-refractivity contribution is 0.0218. The van der Waals surface area contributed by atoms with E-state index in [-0.39, 0.29) is 6.10 Å². The van der Waals surface area contributed by atoms with Gasteiger partial charge in [-0.2, -0.15) is 0 Å². The topological polar surface area (TPSA) is 27.7 Å². The van der Waals surface area contributed by atoms with E-state index in [0.29, 0.717) is 19.1 Å². The van der Waals surface area contributed by atoms with Crippen LogP contribution >= 0.6 is 8.43 Å². The second-order valence-corrected chi connectivity index (χ2v) is 7.33. The van der Waals surface area contributed by atoms with E-state index < -0.39 is 0 Å². The second kappa shape index (κ2) is 7.80. The SMILES string of the molecule is CCOC1CCc2cccc3c2C1COP=C3OCc1ccccc1. The maximum Gasteiger partial charge on any atom is 0.133 e. The monoisotopic (exact) mass is 354 g/mol. The lowest BCUT2D eigenvalue weighted by atomic mass is 9.78. The summed E-state index contributed by atoms with van der Waals surface area (Å²) in [6.07, 6.45) is 2.37. The van der Waals surface area contributed by atoms with Gasteiger partial charge in [-0.15, -0.1) is 0 Å². The summed E-state index contributed by atoms with van der Waals surface area (Å²) in [7, 11) is 0.804. The van der Waals surface area contributed by atoms with Crippen LogP contribution in [0.25, 0.3) is 0 Å². The van der Waals surface area contributed by atoms with E-state index in [1.54, 1.807) is 0 Å². The predicted molar refractivity (Wildman–Crippen MR) is 101 cm³/mol. The summed E-state index contributed by atoms with van der Waals surface area (Å²) in [4.78, 5) is 0. The number of rotatable bonds is 5. The third-order valence-electron chi connectivity index (χ3n) is 4.95. The van der Waals surface area contributed by atoms with Crippen molar-refractivity contribution in [2.75, 3.05) is 13.2 Å². The van der Waals surface area contributed by atoms with E-state index in [9.17, 15) is 0 Å². The Morgan fingerprint density at radius 2 is 2.00 bits per heavy atom. The number of hydrogen-bond acceptors (Lipinski definition) is 3. The molecule has 0 radical (unpaired) electrons. The van der Waals surface area contributed by atoms with Gasteiger partial charge in [0, 0.05) is 18.1 Å². The van der Waals surface area contributed by atoms with Crippen molar-refractivity contribution in [3.05, 3.63) is 70.8 Å². The normalized spacial score (nSPS) is 22.7. The molecule has 2 aromatic rings. The molecule has 0 bridgehead atoms. The molecule has 25 heavy (non-hydrogen) atoms. The number of ether oxygens (including phenoxy) is 2. The van der Waals surface area contributed by atoms with Gasteiger partial charge in [-0.05, 0) is 36.5 Å². The summed E-state index contributed by atoms with van der Waals surface area (Å²) < 4.78 is 18.2. The Morgan fingerprint density at radius 1 is 1.12 bits per heavy atom. The predicted octanol–water partition coefficient (Wildman–Crippen LogP) is 4.71. The van der Waals surface area contributed by atoms with Crippen molar-refractivity contribution in [2.45, 2.75) is 38.4 Å². The highest BCUT2D eigenvalue weighted by Gasteiger charge is 2.34. The van der Waals surface area contributed by atoms with E-state index in [0.717, 1.165) is 33.4 Å². The van der Waals surface area contributed by atoms with Gasteiger partial charge in [-0.1, -0.05) is 48.5 Å². The highest BCUT2D eigenvalue weighted by molar-refractivity contribution is 7.35. The van der Waals surface area contributed by atoms with Gasteiger partial charge >= 0.3 is 0 Å². The number of benzene rings is 2. The first kappa shape index (κ1) is 16.9. The minimum absolute atomic E-state index is 0.238. The molecule has 0 fully saturated rings. The third kappa shape index (κ3) is 3.56. The van der Waals surface area contributed by atoms with Crippen LogP contribution in [-0.4, -0.2) is 24.8 Å². The zero-order valence-electron chi connectivity index (χ0n) is 14.5. The molecule has 1 aliphatic heterocycles. The largest absolute Gasteiger partial charge is 0.378 e. The molecule has 4 rings (SSSR count). The van der Waals surface area contributed by atoms with Crippen LogP contribution in [0.5, 0.6) is 0 Å². The van der Waals surface area contributed by atoms with E-state index in [2.05, 4.69) is 37.3 Å². The van der Waals surface area contributed by atoms with E-state index in [1.807, 2.05) is 18.2 Å². The lowest BCUT2D eigenvalue weighted by Crippen LogP contribution is -2.31. The Labute approximate surface area is 150 Å².